The smallest absolute Gasteiger partial charge is 0.122 e. The van der Waals surface area contributed by atoms with Crippen molar-refractivity contribution in [2.75, 3.05) is 20.2 Å². The molecule has 100 valence electrons. The molecule has 0 unspecified atom stereocenters. The van der Waals surface area contributed by atoms with Gasteiger partial charge in [0.2, 0.25) is 0 Å². The van der Waals surface area contributed by atoms with E-state index in [9.17, 15) is 0 Å². The summed E-state index contributed by atoms with van der Waals surface area (Å²) < 4.78 is 5.33. The summed E-state index contributed by atoms with van der Waals surface area (Å²) in [6.07, 6.45) is 3.78. The number of nitrogens with zero attached hydrogens (tertiary/aromatic N) is 1. The molecule has 0 aliphatic carbocycles. The molecule has 3 nitrogen and oxygen atoms in total. The van der Waals surface area contributed by atoms with Crippen molar-refractivity contribution in [1.82, 2.24) is 10.3 Å². The standard InChI is InChI=1S/C16H20N2O/c1-19-16-8-3-2-6-14(16)9-12-17-13-10-15-7-4-5-11-18-15/h2-8,11,17H,9-10,12-13H2,1H3. The van der Waals surface area contributed by atoms with Gasteiger partial charge in [0.15, 0.2) is 0 Å². The second-order valence-electron chi connectivity index (χ2n) is 4.38. The van der Waals surface area contributed by atoms with Crippen LogP contribution >= 0.6 is 0 Å². The molecule has 0 radical (unpaired) electrons. The lowest BCUT2D eigenvalue weighted by Gasteiger charge is -2.08. The van der Waals surface area contributed by atoms with E-state index in [1.165, 1.54) is 5.56 Å². The molecule has 0 aliphatic heterocycles. The topological polar surface area (TPSA) is 34.1 Å². The molecule has 1 N–H and O–H groups in total. The van der Waals surface area contributed by atoms with Crippen molar-refractivity contribution >= 4 is 0 Å². The molecule has 2 rings (SSSR count). The number of nitrogens with one attached hydrogen (secondary N) is 1. The number of methoxy groups -OCH3 is 1. The number of hydrogen-bond acceptors (Lipinski definition) is 3. The summed E-state index contributed by atoms with van der Waals surface area (Å²) in [5, 5.41) is 3.44. The average Bonchev–Trinajstić information content (AvgIpc) is 2.48. The van der Waals surface area contributed by atoms with Gasteiger partial charge in [-0.05, 0) is 36.7 Å². The summed E-state index contributed by atoms with van der Waals surface area (Å²) in [5.74, 6) is 0.967. The zero-order valence-electron chi connectivity index (χ0n) is 11.3. The summed E-state index contributed by atoms with van der Waals surface area (Å²) in [7, 11) is 1.72. The van der Waals surface area contributed by atoms with Gasteiger partial charge in [-0.3, -0.25) is 4.98 Å². The molecule has 0 saturated carbocycles. The van der Waals surface area contributed by atoms with E-state index >= 15 is 0 Å². The van der Waals surface area contributed by atoms with Crippen molar-refractivity contribution in [3.63, 3.8) is 0 Å². The van der Waals surface area contributed by atoms with Crippen LogP contribution in [0.25, 0.3) is 0 Å². The van der Waals surface area contributed by atoms with Crippen molar-refractivity contribution in [3.05, 3.63) is 59.9 Å². The Hall–Kier alpha value is -1.87. The summed E-state index contributed by atoms with van der Waals surface area (Å²) in [5.41, 5.74) is 2.38. The van der Waals surface area contributed by atoms with Gasteiger partial charge in [-0.15, -0.1) is 0 Å². The third-order valence-electron chi connectivity index (χ3n) is 3.05. The first-order chi connectivity index (χ1) is 9.40. The summed E-state index contributed by atoms with van der Waals surface area (Å²) in [4.78, 5) is 4.30. The number of para-hydroxylation sites is 1. The highest BCUT2D eigenvalue weighted by Gasteiger charge is 2.00. The van der Waals surface area contributed by atoms with Crippen LogP contribution in [0.3, 0.4) is 0 Å². The molecule has 0 spiro atoms. The highest BCUT2D eigenvalue weighted by Crippen LogP contribution is 2.17. The lowest BCUT2D eigenvalue weighted by atomic mass is 10.1. The maximum atomic E-state index is 5.33. The van der Waals surface area contributed by atoms with Crippen LogP contribution in [0.5, 0.6) is 5.75 Å². The number of pyridine rings is 1. The predicted octanol–water partition coefficient (Wildman–Crippen LogP) is 2.47. The maximum absolute atomic E-state index is 5.33. The summed E-state index contributed by atoms with van der Waals surface area (Å²) in [6.45, 7) is 1.90. The first-order valence-corrected chi connectivity index (χ1v) is 6.62. The quantitative estimate of drug-likeness (QED) is 0.773. The number of ether oxygens (including phenoxy) is 1. The second-order valence-corrected chi connectivity index (χ2v) is 4.38. The molecule has 2 aromatic rings. The highest BCUT2D eigenvalue weighted by molar-refractivity contribution is 5.33. The molecule has 19 heavy (non-hydrogen) atoms. The molecule has 1 heterocycles. The molecular formula is C16H20N2O. The van der Waals surface area contributed by atoms with E-state index in [4.69, 9.17) is 4.74 Å². The fraction of sp³-hybridized carbons (Fsp3) is 0.312. The van der Waals surface area contributed by atoms with Gasteiger partial charge < -0.3 is 10.1 Å². The Labute approximate surface area is 114 Å². The average molecular weight is 256 g/mol. The van der Waals surface area contributed by atoms with Gasteiger partial charge in [-0.2, -0.15) is 0 Å². The number of hydrogen-bond donors (Lipinski definition) is 1. The molecule has 0 bridgehead atoms. The Morgan fingerprint density at radius 2 is 1.79 bits per heavy atom. The van der Waals surface area contributed by atoms with Gasteiger partial charge in [0.05, 0.1) is 7.11 Å². The molecule has 3 heteroatoms. The van der Waals surface area contributed by atoms with Gasteiger partial charge >= 0.3 is 0 Å². The molecule has 0 amide bonds. The Kier molecular flexibility index (Phi) is 5.38. The fourth-order valence-corrected chi connectivity index (χ4v) is 2.02. The fourth-order valence-electron chi connectivity index (χ4n) is 2.02. The van der Waals surface area contributed by atoms with E-state index in [0.717, 1.165) is 37.4 Å². The Morgan fingerprint density at radius 3 is 2.58 bits per heavy atom. The number of rotatable bonds is 7. The third-order valence-corrected chi connectivity index (χ3v) is 3.05. The van der Waals surface area contributed by atoms with Gasteiger partial charge in [0.25, 0.3) is 0 Å². The van der Waals surface area contributed by atoms with Crippen molar-refractivity contribution in [2.24, 2.45) is 0 Å². The van der Waals surface area contributed by atoms with Crippen LogP contribution in [-0.2, 0) is 12.8 Å². The SMILES string of the molecule is COc1ccccc1CCNCCc1ccccn1. The minimum absolute atomic E-state index is 0.951. The molecule has 0 fully saturated rings. The third kappa shape index (κ3) is 4.38. The minimum Gasteiger partial charge on any atom is -0.496 e. The molecular weight excluding hydrogens is 236 g/mol. The van der Waals surface area contributed by atoms with Gasteiger partial charge in [0.1, 0.15) is 5.75 Å². The van der Waals surface area contributed by atoms with E-state index in [2.05, 4.69) is 22.4 Å². The van der Waals surface area contributed by atoms with Crippen molar-refractivity contribution < 1.29 is 4.74 Å². The zero-order chi connectivity index (χ0) is 13.3. The Bertz CT molecular complexity index is 485. The molecule has 1 aromatic heterocycles. The molecule has 0 saturated heterocycles. The molecule has 0 atom stereocenters. The number of aromatic nitrogens is 1. The first-order valence-electron chi connectivity index (χ1n) is 6.62. The lowest BCUT2D eigenvalue weighted by Crippen LogP contribution is -2.20. The normalized spacial score (nSPS) is 10.4. The van der Waals surface area contributed by atoms with Crippen LogP contribution in [0.2, 0.25) is 0 Å². The minimum atomic E-state index is 0.951. The first kappa shape index (κ1) is 13.6. The largest absolute Gasteiger partial charge is 0.496 e. The van der Waals surface area contributed by atoms with E-state index in [1.54, 1.807) is 7.11 Å². The predicted molar refractivity (Wildman–Crippen MR) is 77.5 cm³/mol. The van der Waals surface area contributed by atoms with Crippen molar-refractivity contribution in [1.29, 1.82) is 0 Å². The van der Waals surface area contributed by atoms with Crippen LogP contribution in [0, 0.1) is 0 Å². The van der Waals surface area contributed by atoms with E-state index in [0.29, 0.717) is 0 Å². The highest BCUT2D eigenvalue weighted by atomic mass is 16.5. The molecule has 1 aromatic carbocycles. The van der Waals surface area contributed by atoms with Crippen molar-refractivity contribution in [2.45, 2.75) is 12.8 Å². The Morgan fingerprint density at radius 1 is 1.00 bits per heavy atom. The molecule has 0 aliphatic rings. The Balaban J connectivity index is 1.69. The maximum Gasteiger partial charge on any atom is 0.122 e. The monoisotopic (exact) mass is 256 g/mol. The zero-order valence-corrected chi connectivity index (χ0v) is 11.3. The van der Waals surface area contributed by atoms with Crippen LogP contribution in [0.15, 0.2) is 48.7 Å². The number of benzene rings is 1. The van der Waals surface area contributed by atoms with E-state index in [1.807, 2.05) is 36.5 Å². The lowest BCUT2D eigenvalue weighted by molar-refractivity contribution is 0.409. The van der Waals surface area contributed by atoms with E-state index < -0.39 is 0 Å². The van der Waals surface area contributed by atoms with Crippen LogP contribution in [0.4, 0.5) is 0 Å². The van der Waals surface area contributed by atoms with Gasteiger partial charge in [-0.1, -0.05) is 24.3 Å². The van der Waals surface area contributed by atoms with E-state index in [-0.39, 0.29) is 0 Å². The van der Waals surface area contributed by atoms with Gasteiger partial charge in [-0.25, -0.2) is 0 Å². The summed E-state index contributed by atoms with van der Waals surface area (Å²) >= 11 is 0. The van der Waals surface area contributed by atoms with Crippen LogP contribution in [0.1, 0.15) is 11.3 Å². The van der Waals surface area contributed by atoms with Crippen molar-refractivity contribution in [3.8, 4) is 5.75 Å². The summed E-state index contributed by atoms with van der Waals surface area (Å²) in [6, 6.07) is 14.2. The van der Waals surface area contributed by atoms with Crippen LogP contribution in [-0.4, -0.2) is 25.2 Å². The van der Waals surface area contributed by atoms with Gasteiger partial charge in [0, 0.05) is 24.9 Å². The van der Waals surface area contributed by atoms with Crippen LogP contribution < -0.4 is 10.1 Å². The second kappa shape index (κ2) is 7.54.